The third-order valence-electron chi connectivity index (χ3n) is 5.07. The molecule has 3 rings (SSSR count). The summed E-state index contributed by atoms with van der Waals surface area (Å²) >= 11 is 5.27. The summed E-state index contributed by atoms with van der Waals surface area (Å²) in [6.45, 7) is 6.59. The van der Waals surface area contributed by atoms with Gasteiger partial charge >= 0.3 is 0 Å². The number of amides is 1. The van der Waals surface area contributed by atoms with Gasteiger partial charge in [0.1, 0.15) is 10.7 Å². The van der Waals surface area contributed by atoms with E-state index in [0.717, 1.165) is 5.56 Å². The van der Waals surface area contributed by atoms with E-state index in [-0.39, 0.29) is 37.5 Å². The normalized spacial score (nSPS) is 15.0. The van der Waals surface area contributed by atoms with Crippen LogP contribution in [0.15, 0.2) is 24.3 Å². The molecule has 1 aliphatic rings. The van der Waals surface area contributed by atoms with Crippen molar-refractivity contribution >= 4 is 23.2 Å². The molecule has 8 heteroatoms. The van der Waals surface area contributed by atoms with Gasteiger partial charge in [-0.3, -0.25) is 4.79 Å². The van der Waals surface area contributed by atoms with Crippen LogP contribution in [0.5, 0.6) is 0 Å². The van der Waals surface area contributed by atoms with Gasteiger partial charge in [0.05, 0.1) is 0 Å². The Morgan fingerprint density at radius 3 is 1.79 bits per heavy atom. The molecule has 1 fully saturated rings. The predicted octanol–water partition coefficient (Wildman–Crippen LogP) is 5.16. The Balaban J connectivity index is 1.74. The molecular weight excluding hydrogens is 408 g/mol. The smallest absolute Gasteiger partial charge is 0.253 e. The molecule has 3 nitrogen and oxygen atoms in total. The largest absolute Gasteiger partial charge is 0.363 e. The number of piperazine rings is 1. The van der Waals surface area contributed by atoms with Gasteiger partial charge in [-0.05, 0) is 23.1 Å². The van der Waals surface area contributed by atoms with Crippen molar-refractivity contribution < 1.29 is 22.4 Å². The van der Waals surface area contributed by atoms with E-state index in [4.69, 9.17) is 11.6 Å². The fourth-order valence-corrected chi connectivity index (χ4v) is 3.47. The number of carbonyl (C=O) groups is 1. The summed E-state index contributed by atoms with van der Waals surface area (Å²) < 4.78 is 55.8. The standard InChI is InChI=1S/C21H21ClF4N2O/c1-21(2,3)13-6-4-12(5-7-13)20(29)28-10-8-27(9-11-28)19-17(25)15(23)14(22)16(24)18(19)26/h4-7H,8-11H2,1-3H3. The SMILES string of the molecule is CC(C)(C)c1ccc(C(=O)N2CCN(c3c(F)c(F)c(Cl)c(F)c3F)CC2)cc1. The molecule has 0 bridgehead atoms. The van der Waals surface area contributed by atoms with Crippen molar-refractivity contribution in [2.75, 3.05) is 31.1 Å². The fourth-order valence-electron chi connectivity index (χ4n) is 3.30. The average Bonchev–Trinajstić information content (AvgIpc) is 2.70. The zero-order valence-electron chi connectivity index (χ0n) is 16.3. The van der Waals surface area contributed by atoms with Crippen LogP contribution in [0.4, 0.5) is 23.2 Å². The van der Waals surface area contributed by atoms with E-state index >= 15 is 0 Å². The summed E-state index contributed by atoms with van der Waals surface area (Å²) in [6, 6.07) is 7.29. The number of halogens is 5. The van der Waals surface area contributed by atoms with E-state index in [1.807, 2.05) is 12.1 Å². The molecule has 0 aliphatic carbocycles. The van der Waals surface area contributed by atoms with Crippen molar-refractivity contribution in [2.24, 2.45) is 0 Å². The van der Waals surface area contributed by atoms with Crippen LogP contribution in [0.2, 0.25) is 5.02 Å². The Bertz CT molecular complexity index is 904. The highest BCUT2D eigenvalue weighted by atomic mass is 35.5. The highest BCUT2D eigenvalue weighted by molar-refractivity contribution is 6.31. The van der Waals surface area contributed by atoms with Gasteiger partial charge in [-0.1, -0.05) is 44.5 Å². The Hall–Kier alpha value is -2.28. The fraction of sp³-hybridized carbons (Fsp3) is 0.381. The summed E-state index contributed by atoms with van der Waals surface area (Å²) in [4.78, 5) is 15.4. The van der Waals surface area contributed by atoms with Gasteiger partial charge in [0, 0.05) is 31.7 Å². The maximum Gasteiger partial charge on any atom is 0.253 e. The minimum atomic E-state index is -1.63. The zero-order chi connectivity index (χ0) is 21.5. The van der Waals surface area contributed by atoms with Gasteiger partial charge in [0.2, 0.25) is 0 Å². The predicted molar refractivity (Wildman–Crippen MR) is 105 cm³/mol. The molecule has 0 saturated carbocycles. The van der Waals surface area contributed by atoms with Crippen molar-refractivity contribution in [2.45, 2.75) is 26.2 Å². The van der Waals surface area contributed by atoms with Crippen LogP contribution in [0.1, 0.15) is 36.7 Å². The van der Waals surface area contributed by atoms with E-state index in [0.29, 0.717) is 5.56 Å². The zero-order valence-corrected chi connectivity index (χ0v) is 17.1. The quantitative estimate of drug-likeness (QED) is 0.375. The molecule has 0 spiro atoms. The summed E-state index contributed by atoms with van der Waals surface area (Å²) in [5.41, 5.74) is 0.764. The number of hydrogen-bond donors (Lipinski definition) is 0. The molecule has 2 aromatic rings. The number of rotatable bonds is 2. The third kappa shape index (κ3) is 4.06. The van der Waals surface area contributed by atoms with Crippen molar-refractivity contribution in [1.82, 2.24) is 4.90 Å². The minimum Gasteiger partial charge on any atom is -0.363 e. The first kappa shape index (κ1) is 21.4. The van der Waals surface area contributed by atoms with E-state index in [9.17, 15) is 22.4 Å². The molecule has 29 heavy (non-hydrogen) atoms. The van der Waals surface area contributed by atoms with Crippen LogP contribution in [0.25, 0.3) is 0 Å². The lowest BCUT2D eigenvalue weighted by molar-refractivity contribution is 0.0746. The van der Waals surface area contributed by atoms with Gasteiger partial charge in [0.25, 0.3) is 5.91 Å². The van der Waals surface area contributed by atoms with Gasteiger partial charge in [-0.25, -0.2) is 17.6 Å². The molecule has 0 radical (unpaired) electrons. The molecule has 1 amide bonds. The first-order valence-electron chi connectivity index (χ1n) is 9.18. The highest BCUT2D eigenvalue weighted by Gasteiger charge is 2.31. The molecule has 0 aromatic heterocycles. The number of anilines is 1. The van der Waals surface area contributed by atoms with Crippen molar-refractivity contribution in [3.05, 3.63) is 63.7 Å². The molecule has 0 unspecified atom stereocenters. The van der Waals surface area contributed by atoms with E-state index in [1.165, 1.54) is 4.90 Å². The molecule has 2 aromatic carbocycles. The Kier molecular flexibility index (Phi) is 5.81. The highest BCUT2D eigenvalue weighted by Crippen LogP contribution is 2.34. The number of nitrogens with zero attached hydrogens (tertiary/aromatic N) is 2. The van der Waals surface area contributed by atoms with E-state index in [1.54, 1.807) is 17.0 Å². The van der Waals surface area contributed by atoms with Crippen LogP contribution in [-0.4, -0.2) is 37.0 Å². The topological polar surface area (TPSA) is 23.6 Å². The molecule has 0 N–H and O–H groups in total. The molecule has 1 saturated heterocycles. The molecule has 0 atom stereocenters. The summed E-state index contributed by atoms with van der Waals surface area (Å²) in [5.74, 6) is -6.53. The molecule has 1 heterocycles. The van der Waals surface area contributed by atoms with Crippen molar-refractivity contribution in [3.63, 3.8) is 0 Å². The maximum absolute atomic E-state index is 14.2. The summed E-state index contributed by atoms with van der Waals surface area (Å²) in [6.07, 6.45) is 0. The number of hydrogen-bond acceptors (Lipinski definition) is 2. The van der Waals surface area contributed by atoms with Gasteiger partial charge in [0.15, 0.2) is 23.3 Å². The summed E-state index contributed by atoms with van der Waals surface area (Å²) in [5, 5.41) is -1.21. The number of benzene rings is 2. The van der Waals surface area contributed by atoms with E-state index in [2.05, 4.69) is 20.8 Å². The molecule has 1 aliphatic heterocycles. The van der Waals surface area contributed by atoms with E-state index < -0.39 is 34.0 Å². The monoisotopic (exact) mass is 428 g/mol. The Labute approximate surface area is 171 Å². The van der Waals surface area contributed by atoms with Crippen LogP contribution in [0.3, 0.4) is 0 Å². The first-order valence-corrected chi connectivity index (χ1v) is 9.56. The van der Waals surface area contributed by atoms with Gasteiger partial charge in [-0.2, -0.15) is 0 Å². The third-order valence-corrected chi connectivity index (χ3v) is 5.40. The second-order valence-corrected chi connectivity index (χ2v) is 8.40. The Morgan fingerprint density at radius 1 is 0.862 bits per heavy atom. The van der Waals surface area contributed by atoms with Crippen LogP contribution >= 0.6 is 11.6 Å². The lowest BCUT2D eigenvalue weighted by Gasteiger charge is -2.36. The molecule has 156 valence electrons. The average molecular weight is 429 g/mol. The lowest BCUT2D eigenvalue weighted by atomic mass is 9.86. The maximum atomic E-state index is 14.2. The first-order chi connectivity index (χ1) is 13.5. The second-order valence-electron chi connectivity index (χ2n) is 8.03. The molecular formula is C21H21ClF4N2O. The van der Waals surface area contributed by atoms with Crippen LogP contribution in [0, 0.1) is 23.3 Å². The van der Waals surface area contributed by atoms with Gasteiger partial charge in [-0.15, -0.1) is 0 Å². The second kappa shape index (κ2) is 7.86. The lowest BCUT2D eigenvalue weighted by Crippen LogP contribution is -2.49. The van der Waals surface area contributed by atoms with Gasteiger partial charge < -0.3 is 9.80 Å². The number of carbonyl (C=O) groups excluding carboxylic acids is 1. The van der Waals surface area contributed by atoms with Crippen molar-refractivity contribution in [1.29, 1.82) is 0 Å². The Morgan fingerprint density at radius 2 is 1.34 bits per heavy atom. The van der Waals surface area contributed by atoms with Crippen molar-refractivity contribution in [3.8, 4) is 0 Å². The van der Waals surface area contributed by atoms with Crippen LogP contribution < -0.4 is 4.90 Å². The van der Waals surface area contributed by atoms with Crippen LogP contribution in [-0.2, 0) is 5.41 Å². The summed E-state index contributed by atoms with van der Waals surface area (Å²) in [7, 11) is 0. The minimum absolute atomic E-state index is 0.0279.